The number of carbonyl (C=O) groups is 1. The van der Waals surface area contributed by atoms with Crippen molar-refractivity contribution in [1.29, 1.82) is 0 Å². The lowest BCUT2D eigenvalue weighted by atomic mass is 10.1. The van der Waals surface area contributed by atoms with Crippen molar-refractivity contribution in [2.45, 2.75) is 6.54 Å². The predicted octanol–water partition coefficient (Wildman–Crippen LogP) is 0.822. The van der Waals surface area contributed by atoms with Gasteiger partial charge in [-0.2, -0.15) is 0 Å². The van der Waals surface area contributed by atoms with Crippen LogP contribution in [0.3, 0.4) is 0 Å². The average Bonchev–Trinajstić information content (AvgIpc) is 2.41. The smallest absolute Gasteiger partial charge is 0.328 e. The Kier molecular flexibility index (Phi) is 4.13. The first-order valence-corrected chi connectivity index (χ1v) is 5.95. The molecule has 0 aliphatic carbocycles. The van der Waals surface area contributed by atoms with E-state index < -0.39 is 23.0 Å². The molecule has 0 aliphatic rings. The summed E-state index contributed by atoms with van der Waals surface area (Å²) in [6, 6.07) is 5.03. The van der Waals surface area contributed by atoms with Crippen LogP contribution in [0.4, 0.5) is 4.39 Å². The molecule has 0 radical (unpaired) electrons. The Morgan fingerprint density at radius 1 is 1.33 bits per heavy atom. The molecule has 1 aromatic heterocycles. The molecule has 2 rings (SSSR count). The van der Waals surface area contributed by atoms with Crippen LogP contribution >= 0.6 is 0 Å². The number of aromatic amines is 1. The minimum Gasteiger partial charge on any atom is -0.478 e. The summed E-state index contributed by atoms with van der Waals surface area (Å²) in [7, 11) is 0. The quantitative estimate of drug-likeness (QED) is 0.815. The molecule has 0 fully saturated rings. The molecule has 108 valence electrons. The maximum Gasteiger partial charge on any atom is 0.328 e. The van der Waals surface area contributed by atoms with Crippen molar-refractivity contribution in [2.75, 3.05) is 0 Å². The van der Waals surface area contributed by atoms with Gasteiger partial charge in [-0.1, -0.05) is 6.07 Å². The van der Waals surface area contributed by atoms with Gasteiger partial charge in [-0.05, 0) is 29.3 Å². The van der Waals surface area contributed by atoms with Crippen LogP contribution in [0.2, 0.25) is 0 Å². The molecule has 0 atom stereocenters. The molecule has 6 nitrogen and oxygen atoms in total. The van der Waals surface area contributed by atoms with Crippen LogP contribution in [0.15, 0.2) is 46.1 Å². The van der Waals surface area contributed by atoms with Crippen LogP contribution in [0, 0.1) is 5.82 Å². The standard InChI is InChI=1S/C14H11FN2O4/c15-11-3-1-10(9(7-11)2-4-13(19)20)8-17-6-5-12(18)16-14(17)21/h1-7H,8H2,(H,19,20)(H,16,18,21). The molecule has 0 saturated heterocycles. The Labute approximate surface area is 117 Å². The molecule has 1 heterocycles. The van der Waals surface area contributed by atoms with Gasteiger partial charge < -0.3 is 5.11 Å². The highest BCUT2D eigenvalue weighted by atomic mass is 19.1. The van der Waals surface area contributed by atoms with E-state index in [2.05, 4.69) is 4.98 Å². The minimum atomic E-state index is -1.16. The fourth-order valence-electron chi connectivity index (χ4n) is 1.78. The summed E-state index contributed by atoms with van der Waals surface area (Å²) in [4.78, 5) is 35.2. The van der Waals surface area contributed by atoms with Crippen molar-refractivity contribution in [3.05, 3.63) is 74.3 Å². The largest absolute Gasteiger partial charge is 0.478 e. The number of carboxylic acid groups (broad SMARTS) is 1. The second-order valence-electron chi connectivity index (χ2n) is 4.25. The lowest BCUT2D eigenvalue weighted by molar-refractivity contribution is -0.131. The zero-order valence-electron chi connectivity index (χ0n) is 10.7. The Balaban J connectivity index is 2.41. The highest BCUT2D eigenvalue weighted by Gasteiger charge is 2.05. The van der Waals surface area contributed by atoms with Gasteiger partial charge in [-0.15, -0.1) is 0 Å². The number of rotatable bonds is 4. The van der Waals surface area contributed by atoms with E-state index in [0.29, 0.717) is 11.1 Å². The lowest BCUT2D eigenvalue weighted by Gasteiger charge is -2.08. The van der Waals surface area contributed by atoms with Gasteiger partial charge >= 0.3 is 11.7 Å². The summed E-state index contributed by atoms with van der Waals surface area (Å²) >= 11 is 0. The Bertz CT molecular complexity index is 820. The van der Waals surface area contributed by atoms with Crippen molar-refractivity contribution < 1.29 is 14.3 Å². The van der Waals surface area contributed by atoms with E-state index in [0.717, 1.165) is 6.08 Å². The van der Waals surface area contributed by atoms with E-state index in [-0.39, 0.29) is 6.54 Å². The molecular formula is C14H11FN2O4. The van der Waals surface area contributed by atoms with Crippen molar-refractivity contribution in [3.63, 3.8) is 0 Å². The van der Waals surface area contributed by atoms with Crippen LogP contribution in [-0.4, -0.2) is 20.6 Å². The molecule has 0 aliphatic heterocycles. The summed E-state index contributed by atoms with van der Waals surface area (Å²) in [5, 5.41) is 8.62. The van der Waals surface area contributed by atoms with Gasteiger partial charge in [0.25, 0.3) is 5.56 Å². The number of carboxylic acids is 1. The van der Waals surface area contributed by atoms with E-state index in [1.54, 1.807) is 0 Å². The van der Waals surface area contributed by atoms with E-state index in [1.807, 2.05) is 0 Å². The van der Waals surface area contributed by atoms with Crippen molar-refractivity contribution in [1.82, 2.24) is 9.55 Å². The first kappa shape index (κ1) is 14.4. The van der Waals surface area contributed by atoms with E-state index in [4.69, 9.17) is 5.11 Å². The van der Waals surface area contributed by atoms with Gasteiger partial charge in [-0.25, -0.2) is 14.0 Å². The number of H-pyrrole nitrogens is 1. The maximum absolute atomic E-state index is 13.2. The molecule has 0 amide bonds. The Hall–Kier alpha value is -2.96. The molecule has 1 aromatic carbocycles. The van der Waals surface area contributed by atoms with Crippen LogP contribution in [0.25, 0.3) is 6.08 Å². The van der Waals surface area contributed by atoms with Gasteiger partial charge in [0, 0.05) is 18.3 Å². The van der Waals surface area contributed by atoms with Crippen LogP contribution in [0.5, 0.6) is 0 Å². The average molecular weight is 290 g/mol. The number of hydrogen-bond donors (Lipinski definition) is 2. The number of nitrogens with one attached hydrogen (secondary N) is 1. The van der Waals surface area contributed by atoms with E-state index in [9.17, 15) is 18.8 Å². The second kappa shape index (κ2) is 6.00. The number of nitrogens with zero attached hydrogens (tertiary/aromatic N) is 1. The summed E-state index contributed by atoms with van der Waals surface area (Å²) in [6.45, 7) is 0.0786. The molecule has 0 bridgehead atoms. The third-order valence-electron chi connectivity index (χ3n) is 2.75. The van der Waals surface area contributed by atoms with Crippen LogP contribution in [-0.2, 0) is 11.3 Å². The molecule has 0 spiro atoms. The van der Waals surface area contributed by atoms with Crippen LogP contribution < -0.4 is 11.2 Å². The van der Waals surface area contributed by atoms with Gasteiger partial charge in [0.2, 0.25) is 0 Å². The maximum atomic E-state index is 13.2. The summed E-state index contributed by atoms with van der Waals surface area (Å²) in [6.07, 6.45) is 3.45. The summed E-state index contributed by atoms with van der Waals surface area (Å²) in [5.74, 6) is -1.68. The highest BCUT2D eigenvalue weighted by molar-refractivity contribution is 5.85. The van der Waals surface area contributed by atoms with E-state index in [1.165, 1.54) is 41.1 Å². The third kappa shape index (κ3) is 3.75. The molecule has 2 aromatic rings. The van der Waals surface area contributed by atoms with Crippen molar-refractivity contribution in [2.24, 2.45) is 0 Å². The second-order valence-corrected chi connectivity index (χ2v) is 4.25. The number of aromatic nitrogens is 2. The van der Waals surface area contributed by atoms with Crippen molar-refractivity contribution >= 4 is 12.0 Å². The number of halogens is 1. The zero-order valence-corrected chi connectivity index (χ0v) is 10.7. The summed E-state index contributed by atoms with van der Waals surface area (Å²) < 4.78 is 14.5. The van der Waals surface area contributed by atoms with Crippen molar-refractivity contribution in [3.8, 4) is 0 Å². The molecule has 7 heteroatoms. The molecule has 2 N–H and O–H groups in total. The van der Waals surface area contributed by atoms with Crippen LogP contribution in [0.1, 0.15) is 11.1 Å². The third-order valence-corrected chi connectivity index (χ3v) is 2.75. The number of hydrogen-bond acceptors (Lipinski definition) is 3. The summed E-state index contributed by atoms with van der Waals surface area (Å²) in [5.41, 5.74) is -0.222. The van der Waals surface area contributed by atoms with Gasteiger partial charge in [-0.3, -0.25) is 14.3 Å². The molecular weight excluding hydrogens is 279 g/mol. The number of aliphatic carboxylic acids is 1. The normalized spacial score (nSPS) is 10.9. The monoisotopic (exact) mass is 290 g/mol. The lowest BCUT2D eigenvalue weighted by Crippen LogP contribution is -2.29. The van der Waals surface area contributed by atoms with E-state index >= 15 is 0 Å². The molecule has 0 unspecified atom stereocenters. The van der Waals surface area contributed by atoms with Gasteiger partial charge in [0.1, 0.15) is 5.82 Å². The first-order valence-electron chi connectivity index (χ1n) is 5.95. The fourth-order valence-corrected chi connectivity index (χ4v) is 1.78. The first-order chi connectivity index (χ1) is 9.95. The Morgan fingerprint density at radius 3 is 2.76 bits per heavy atom. The molecule has 21 heavy (non-hydrogen) atoms. The highest BCUT2D eigenvalue weighted by Crippen LogP contribution is 2.14. The van der Waals surface area contributed by atoms with Gasteiger partial charge in [0.15, 0.2) is 0 Å². The SMILES string of the molecule is O=C(O)C=Cc1cc(F)ccc1Cn1ccc(=O)[nH]c1=O. The predicted molar refractivity (Wildman–Crippen MR) is 73.5 cm³/mol. The topological polar surface area (TPSA) is 92.2 Å². The molecule has 0 saturated carbocycles. The fraction of sp³-hybridized carbons (Fsp3) is 0.0714. The number of benzene rings is 1. The Morgan fingerprint density at radius 2 is 2.10 bits per heavy atom. The zero-order chi connectivity index (χ0) is 15.4. The van der Waals surface area contributed by atoms with Gasteiger partial charge in [0.05, 0.1) is 6.54 Å². The minimum absolute atomic E-state index is 0.0786.